The van der Waals surface area contributed by atoms with E-state index in [0.717, 1.165) is 6.07 Å². The molecule has 0 bridgehead atoms. The van der Waals surface area contributed by atoms with Crippen LogP contribution in [0.25, 0.3) is 0 Å². The molecule has 0 aliphatic rings. The number of hydrogen-bond donors (Lipinski definition) is 2. The summed E-state index contributed by atoms with van der Waals surface area (Å²) in [4.78, 5) is 0. The molecule has 3 nitrogen and oxygen atoms in total. The van der Waals surface area contributed by atoms with Crippen LogP contribution >= 0.6 is 0 Å². The average molecular weight is 202 g/mol. The Balaban J connectivity index is 2.79. The average Bonchev–Trinajstić information content (AvgIpc) is 2.18. The summed E-state index contributed by atoms with van der Waals surface area (Å²) in [5.74, 6) is -2.26. The Hall–Kier alpha value is -1.36. The first-order valence-electron chi connectivity index (χ1n) is 4.23. The lowest BCUT2D eigenvalue weighted by molar-refractivity contribution is 0.294. The van der Waals surface area contributed by atoms with E-state index in [4.69, 9.17) is 16.2 Å². The first-order chi connectivity index (χ1) is 6.66. The van der Waals surface area contributed by atoms with Crippen LogP contribution in [0.2, 0.25) is 0 Å². The molecule has 0 amide bonds. The summed E-state index contributed by atoms with van der Waals surface area (Å²) in [5.41, 5.74) is 10.7. The van der Waals surface area contributed by atoms with Gasteiger partial charge in [-0.3, -0.25) is 0 Å². The van der Waals surface area contributed by atoms with Crippen molar-refractivity contribution in [3.63, 3.8) is 0 Å². The number of nitrogens with two attached hydrogens (primary N) is 2. The van der Waals surface area contributed by atoms with E-state index in [2.05, 4.69) is 0 Å². The van der Waals surface area contributed by atoms with Gasteiger partial charge in [-0.25, -0.2) is 4.39 Å². The van der Waals surface area contributed by atoms with Crippen LogP contribution < -0.4 is 16.2 Å². The summed E-state index contributed by atoms with van der Waals surface area (Å²) in [7, 11) is 0. The van der Waals surface area contributed by atoms with Gasteiger partial charge >= 0.3 is 0 Å². The van der Waals surface area contributed by atoms with Gasteiger partial charge in [-0.2, -0.15) is 4.39 Å². The Morgan fingerprint density at radius 2 is 2.00 bits per heavy atom. The van der Waals surface area contributed by atoms with E-state index in [-0.39, 0.29) is 18.0 Å². The van der Waals surface area contributed by atoms with Crippen LogP contribution in [0.1, 0.15) is 6.42 Å². The quantitative estimate of drug-likeness (QED) is 0.571. The summed E-state index contributed by atoms with van der Waals surface area (Å²) in [5, 5.41) is 0. The highest BCUT2D eigenvalue weighted by Gasteiger charge is 2.12. The largest absolute Gasteiger partial charge is 0.488 e. The summed E-state index contributed by atoms with van der Waals surface area (Å²) < 4.78 is 30.8. The molecule has 0 saturated carbocycles. The molecule has 1 aromatic rings. The van der Waals surface area contributed by atoms with Crippen LogP contribution in [0.5, 0.6) is 5.75 Å². The molecule has 1 aromatic carbocycles. The van der Waals surface area contributed by atoms with E-state index in [0.29, 0.717) is 13.0 Å². The number of halogens is 2. The van der Waals surface area contributed by atoms with Gasteiger partial charge in [-0.1, -0.05) is 0 Å². The minimum Gasteiger partial charge on any atom is -0.488 e. The molecule has 0 aliphatic heterocycles. The second kappa shape index (κ2) is 4.76. The third kappa shape index (κ3) is 2.32. The van der Waals surface area contributed by atoms with Crippen molar-refractivity contribution < 1.29 is 13.5 Å². The van der Waals surface area contributed by atoms with Crippen molar-refractivity contribution in [2.75, 3.05) is 18.9 Å². The van der Waals surface area contributed by atoms with Crippen molar-refractivity contribution in [1.29, 1.82) is 0 Å². The normalized spacial score (nSPS) is 10.2. The smallest absolute Gasteiger partial charge is 0.202 e. The predicted octanol–water partition coefficient (Wildman–Crippen LogP) is 1.27. The van der Waals surface area contributed by atoms with Crippen LogP contribution in [0.15, 0.2) is 12.1 Å². The fraction of sp³-hybridized carbons (Fsp3) is 0.333. The molecular formula is C9H12F2N2O. The number of ether oxygens (including phenoxy) is 1. The lowest BCUT2D eigenvalue weighted by Crippen LogP contribution is -2.08. The molecule has 0 atom stereocenters. The number of benzene rings is 1. The van der Waals surface area contributed by atoms with E-state index in [1.165, 1.54) is 6.07 Å². The summed E-state index contributed by atoms with van der Waals surface area (Å²) >= 11 is 0. The fourth-order valence-corrected chi connectivity index (χ4v) is 0.951. The lowest BCUT2D eigenvalue weighted by Gasteiger charge is -2.09. The van der Waals surface area contributed by atoms with Crippen LogP contribution in [-0.4, -0.2) is 13.2 Å². The lowest BCUT2D eigenvalue weighted by atomic mass is 10.3. The van der Waals surface area contributed by atoms with Crippen molar-refractivity contribution in [2.45, 2.75) is 6.42 Å². The minimum absolute atomic E-state index is 0.0842. The SMILES string of the molecule is NCCCOc1c(N)ccc(F)c1F. The Kier molecular flexibility index (Phi) is 3.64. The highest BCUT2D eigenvalue weighted by molar-refractivity contribution is 5.53. The molecule has 0 fully saturated rings. The van der Waals surface area contributed by atoms with E-state index < -0.39 is 11.6 Å². The maximum absolute atomic E-state index is 13.1. The summed E-state index contributed by atoms with van der Waals surface area (Å²) in [6.07, 6.45) is 0.565. The fourth-order valence-electron chi connectivity index (χ4n) is 0.951. The second-order valence-corrected chi connectivity index (χ2v) is 2.77. The number of rotatable bonds is 4. The summed E-state index contributed by atoms with van der Waals surface area (Å²) in [6.45, 7) is 0.651. The first-order valence-corrected chi connectivity index (χ1v) is 4.23. The first kappa shape index (κ1) is 10.7. The van der Waals surface area contributed by atoms with E-state index in [1.54, 1.807) is 0 Å². The highest BCUT2D eigenvalue weighted by atomic mass is 19.2. The van der Waals surface area contributed by atoms with Gasteiger partial charge in [0.2, 0.25) is 5.82 Å². The Morgan fingerprint density at radius 1 is 1.29 bits per heavy atom. The maximum atomic E-state index is 13.1. The van der Waals surface area contributed by atoms with Crippen LogP contribution in [-0.2, 0) is 0 Å². The van der Waals surface area contributed by atoms with Gasteiger partial charge in [0, 0.05) is 0 Å². The molecule has 14 heavy (non-hydrogen) atoms. The van der Waals surface area contributed by atoms with Crippen molar-refractivity contribution in [1.82, 2.24) is 0 Å². The highest BCUT2D eigenvalue weighted by Crippen LogP contribution is 2.27. The third-order valence-electron chi connectivity index (χ3n) is 1.68. The molecule has 78 valence electrons. The summed E-state index contributed by atoms with van der Waals surface area (Å²) in [6, 6.07) is 2.22. The molecule has 0 spiro atoms. The van der Waals surface area contributed by atoms with Gasteiger partial charge in [-0.05, 0) is 25.1 Å². The van der Waals surface area contributed by atoms with Gasteiger partial charge in [0.25, 0.3) is 0 Å². The molecule has 0 aromatic heterocycles. The van der Waals surface area contributed by atoms with Crippen molar-refractivity contribution in [3.05, 3.63) is 23.8 Å². The molecule has 1 rings (SSSR count). The van der Waals surface area contributed by atoms with E-state index in [9.17, 15) is 8.78 Å². The number of anilines is 1. The molecule has 0 radical (unpaired) electrons. The van der Waals surface area contributed by atoms with Gasteiger partial charge in [0.15, 0.2) is 11.6 Å². The second-order valence-electron chi connectivity index (χ2n) is 2.77. The van der Waals surface area contributed by atoms with Crippen LogP contribution in [0.4, 0.5) is 14.5 Å². The molecule has 0 saturated heterocycles. The molecule has 0 unspecified atom stereocenters. The standard InChI is InChI=1S/C9H12F2N2O/c10-6-2-3-7(13)9(8(6)11)14-5-1-4-12/h2-3H,1,4-5,12-13H2. The zero-order valence-corrected chi connectivity index (χ0v) is 7.59. The topological polar surface area (TPSA) is 61.3 Å². The van der Waals surface area contributed by atoms with Crippen molar-refractivity contribution in [3.8, 4) is 5.75 Å². The van der Waals surface area contributed by atoms with Gasteiger partial charge in [-0.15, -0.1) is 0 Å². The zero-order chi connectivity index (χ0) is 10.6. The van der Waals surface area contributed by atoms with Crippen LogP contribution in [0.3, 0.4) is 0 Å². The Morgan fingerprint density at radius 3 is 2.64 bits per heavy atom. The van der Waals surface area contributed by atoms with E-state index in [1.807, 2.05) is 0 Å². The molecule has 0 heterocycles. The monoisotopic (exact) mass is 202 g/mol. The van der Waals surface area contributed by atoms with Gasteiger partial charge in [0.1, 0.15) is 0 Å². The van der Waals surface area contributed by atoms with Gasteiger partial charge in [0.05, 0.1) is 12.3 Å². The molecular weight excluding hydrogens is 190 g/mol. The van der Waals surface area contributed by atoms with Gasteiger partial charge < -0.3 is 16.2 Å². The van der Waals surface area contributed by atoms with Crippen molar-refractivity contribution >= 4 is 5.69 Å². The van der Waals surface area contributed by atoms with Crippen LogP contribution in [0, 0.1) is 11.6 Å². The Labute approximate surface area is 80.7 Å². The Bertz CT molecular complexity index is 318. The maximum Gasteiger partial charge on any atom is 0.202 e. The predicted molar refractivity (Wildman–Crippen MR) is 49.9 cm³/mol. The zero-order valence-electron chi connectivity index (χ0n) is 7.59. The number of hydrogen-bond acceptors (Lipinski definition) is 3. The molecule has 0 aliphatic carbocycles. The molecule has 4 N–H and O–H groups in total. The third-order valence-corrected chi connectivity index (χ3v) is 1.68. The van der Waals surface area contributed by atoms with E-state index >= 15 is 0 Å². The van der Waals surface area contributed by atoms with Crippen molar-refractivity contribution in [2.24, 2.45) is 5.73 Å². The minimum atomic E-state index is -1.05. The number of nitrogen functional groups attached to an aromatic ring is 1. The molecule has 5 heteroatoms.